The van der Waals surface area contributed by atoms with E-state index in [1.807, 2.05) is 12.3 Å². The van der Waals surface area contributed by atoms with Gasteiger partial charge in [0.2, 0.25) is 0 Å². The molecule has 0 aromatic carbocycles. The lowest BCUT2D eigenvalue weighted by atomic mass is 10.0. The third-order valence-corrected chi connectivity index (χ3v) is 4.03. The quantitative estimate of drug-likeness (QED) is 0.916. The third-order valence-electron chi connectivity index (χ3n) is 4.03. The molecule has 4 nitrogen and oxygen atoms in total. The molecule has 1 saturated heterocycles. The summed E-state index contributed by atoms with van der Waals surface area (Å²) in [5.74, 6) is 1.18. The van der Waals surface area contributed by atoms with E-state index in [0.29, 0.717) is 6.04 Å². The topological polar surface area (TPSA) is 42.7 Å². The number of aromatic nitrogens is 3. The highest BCUT2D eigenvalue weighted by Gasteiger charge is 2.15. The Morgan fingerprint density at radius 2 is 2.37 bits per heavy atom. The van der Waals surface area contributed by atoms with Crippen LogP contribution in [0.15, 0.2) is 18.3 Å². The summed E-state index contributed by atoms with van der Waals surface area (Å²) in [7, 11) is 0. The number of fused-ring (bicyclic) bond motifs is 1. The van der Waals surface area contributed by atoms with Crippen molar-refractivity contribution in [2.24, 2.45) is 0 Å². The van der Waals surface area contributed by atoms with Crippen molar-refractivity contribution < 1.29 is 0 Å². The predicted octanol–water partition coefficient (Wildman–Crippen LogP) is 2.53. The third kappa shape index (κ3) is 2.63. The van der Waals surface area contributed by atoms with Gasteiger partial charge in [0.1, 0.15) is 11.3 Å². The molecule has 1 fully saturated rings. The predicted molar refractivity (Wildman–Crippen MR) is 77.2 cm³/mol. The fourth-order valence-electron chi connectivity index (χ4n) is 3.00. The number of nitrogens with one attached hydrogen (secondary N) is 1. The number of imidazole rings is 1. The molecule has 1 unspecified atom stereocenters. The first kappa shape index (κ1) is 12.6. The molecule has 1 aliphatic rings. The molecule has 0 spiro atoms. The minimum Gasteiger partial charge on any atom is -0.314 e. The summed E-state index contributed by atoms with van der Waals surface area (Å²) in [6, 6.07) is 4.69. The van der Waals surface area contributed by atoms with E-state index in [1.165, 1.54) is 38.1 Å². The Kier molecular flexibility index (Phi) is 3.78. The number of piperidine rings is 1. The second kappa shape index (κ2) is 5.70. The second-order valence-electron chi connectivity index (χ2n) is 5.30. The van der Waals surface area contributed by atoms with Gasteiger partial charge in [-0.15, -0.1) is 0 Å². The summed E-state index contributed by atoms with van der Waals surface area (Å²) in [4.78, 5) is 9.19. The van der Waals surface area contributed by atoms with Crippen LogP contribution in [0.3, 0.4) is 0 Å². The Bertz CT molecular complexity index is 540. The van der Waals surface area contributed by atoms with Gasteiger partial charge in [-0.1, -0.05) is 6.42 Å². The van der Waals surface area contributed by atoms with Gasteiger partial charge in [-0.05, 0) is 44.9 Å². The van der Waals surface area contributed by atoms with Gasteiger partial charge in [0.25, 0.3) is 0 Å². The van der Waals surface area contributed by atoms with Gasteiger partial charge >= 0.3 is 0 Å². The van der Waals surface area contributed by atoms with Gasteiger partial charge in [0.15, 0.2) is 5.65 Å². The van der Waals surface area contributed by atoms with Crippen LogP contribution in [0.25, 0.3) is 11.2 Å². The van der Waals surface area contributed by atoms with Crippen LogP contribution in [0.4, 0.5) is 0 Å². The highest BCUT2D eigenvalue weighted by atomic mass is 15.1. The van der Waals surface area contributed by atoms with E-state index in [2.05, 4.69) is 27.9 Å². The minimum atomic E-state index is 0.673. The van der Waals surface area contributed by atoms with Crippen molar-refractivity contribution in [3.63, 3.8) is 0 Å². The molecule has 1 atom stereocenters. The Hall–Kier alpha value is -1.42. The zero-order valence-electron chi connectivity index (χ0n) is 11.6. The lowest BCUT2D eigenvalue weighted by Gasteiger charge is -2.23. The van der Waals surface area contributed by atoms with Gasteiger partial charge in [-0.25, -0.2) is 9.97 Å². The van der Waals surface area contributed by atoms with Gasteiger partial charge < -0.3 is 9.88 Å². The van der Waals surface area contributed by atoms with Crippen molar-refractivity contribution in [1.29, 1.82) is 0 Å². The molecule has 3 heterocycles. The number of pyridine rings is 1. The molecular weight excluding hydrogens is 236 g/mol. The molecule has 102 valence electrons. The molecule has 1 N–H and O–H groups in total. The molecule has 0 aliphatic carbocycles. The molecule has 3 rings (SSSR count). The summed E-state index contributed by atoms with van der Waals surface area (Å²) >= 11 is 0. The van der Waals surface area contributed by atoms with E-state index in [0.717, 1.165) is 24.1 Å². The van der Waals surface area contributed by atoms with E-state index in [4.69, 9.17) is 4.98 Å². The van der Waals surface area contributed by atoms with Crippen LogP contribution < -0.4 is 5.32 Å². The maximum absolute atomic E-state index is 4.74. The lowest BCUT2D eigenvalue weighted by molar-refractivity contribution is 0.379. The number of nitrogens with zero attached hydrogens (tertiary/aromatic N) is 3. The van der Waals surface area contributed by atoms with E-state index in [9.17, 15) is 0 Å². The van der Waals surface area contributed by atoms with Crippen LogP contribution in [-0.4, -0.2) is 27.1 Å². The summed E-state index contributed by atoms with van der Waals surface area (Å²) < 4.78 is 2.25. The summed E-state index contributed by atoms with van der Waals surface area (Å²) in [5, 5.41) is 3.61. The summed E-state index contributed by atoms with van der Waals surface area (Å²) in [5.41, 5.74) is 2.05. The Balaban J connectivity index is 1.76. The highest BCUT2D eigenvalue weighted by molar-refractivity contribution is 5.71. The molecule has 0 amide bonds. The van der Waals surface area contributed by atoms with Crippen molar-refractivity contribution in [2.45, 2.75) is 51.6 Å². The molecule has 2 aromatic rings. The molecule has 2 aromatic heterocycles. The van der Waals surface area contributed by atoms with E-state index in [1.54, 1.807) is 0 Å². The summed E-state index contributed by atoms with van der Waals surface area (Å²) in [6.07, 6.45) is 8.08. The van der Waals surface area contributed by atoms with Crippen LogP contribution in [0, 0.1) is 0 Å². The first-order valence-corrected chi connectivity index (χ1v) is 7.42. The van der Waals surface area contributed by atoms with Crippen molar-refractivity contribution in [3.8, 4) is 0 Å². The Morgan fingerprint density at radius 3 is 3.16 bits per heavy atom. The molecule has 0 radical (unpaired) electrons. The lowest BCUT2D eigenvalue weighted by Crippen LogP contribution is -2.34. The van der Waals surface area contributed by atoms with Crippen molar-refractivity contribution in [3.05, 3.63) is 24.2 Å². The largest absolute Gasteiger partial charge is 0.314 e. The Labute approximate surface area is 114 Å². The smallest absolute Gasteiger partial charge is 0.159 e. The number of rotatable bonds is 4. The van der Waals surface area contributed by atoms with Gasteiger partial charge in [-0.3, -0.25) is 0 Å². The first-order valence-electron chi connectivity index (χ1n) is 7.42. The van der Waals surface area contributed by atoms with Crippen LogP contribution in [0.2, 0.25) is 0 Å². The standard InChI is InChI=1S/C15H22N4/c1-2-19-14(9-8-12-6-3-4-10-16-12)18-13-7-5-11-17-15(13)19/h5,7,11-12,16H,2-4,6,8-10H2,1H3. The van der Waals surface area contributed by atoms with Gasteiger partial charge in [0.05, 0.1) is 0 Å². The van der Waals surface area contributed by atoms with E-state index in [-0.39, 0.29) is 0 Å². The molecule has 19 heavy (non-hydrogen) atoms. The average molecular weight is 258 g/mol. The average Bonchev–Trinajstić information content (AvgIpc) is 2.83. The normalized spacial score (nSPS) is 19.9. The van der Waals surface area contributed by atoms with Crippen molar-refractivity contribution in [1.82, 2.24) is 19.9 Å². The molecule has 4 heteroatoms. The number of hydrogen-bond acceptors (Lipinski definition) is 3. The van der Waals surface area contributed by atoms with E-state index < -0.39 is 0 Å². The molecule has 0 bridgehead atoms. The highest BCUT2D eigenvalue weighted by Crippen LogP contribution is 2.17. The maximum atomic E-state index is 4.74. The minimum absolute atomic E-state index is 0.673. The molecule has 1 aliphatic heterocycles. The molecular formula is C15H22N4. The van der Waals surface area contributed by atoms with Crippen LogP contribution in [0.1, 0.15) is 38.4 Å². The zero-order valence-corrected chi connectivity index (χ0v) is 11.6. The summed E-state index contributed by atoms with van der Waals surface area (Å²) in [6.45, 7) is 4.29. The Morgan fingerprint density at radius 1 is 1.42 bits per heavy atom. The fourth-order valence-corrected chi connectivity index (χ4v) is 3.00. The monoisotopic (exact) mass is 258 g/mol. The SMILES string of the molecule is CCn1c(CCC2CCCCN2)nc2cccnc21. The second-order valence-corrected chi connectivity index (χ2v) is 5.30. The van der Waals surface area contributed by atoms with Crippen LogP contribution in [-0.2, 0) is 13.0 Å². The fraction of sp³-hybridized carbons (Fsp3) is 0.600. The van der Waals surface area contributed by atoms with Gasteiger partial charge in [-0.2, -0.15) is 0 Å². The molecule has 0 saturated carbocycles. The first-order chi connectivity index (χ1) is 9.38. The van der Waals surface area contributed by atoms with Crippen molar-refractivity contribution in [2.75, 3.05) is 6.54 Å². The zero-order chi connectivity index (χ0) is 13.1. The maximum Gasteiger partial charge on any atom is 0.159 e. The van der Waals surface area contributed by atoms with Crippen LogP contribution in [0.5, 0.6) is 0 Å². The van der Waals surface area contributed by atoms with Crippen LogP contribution >= 0.6 is 0 Å². The van der Waals surface area contributed by atoms with Gasteiger partial charge in [0, 0.05) is 25.2 Å². The van der Waals surface area contributed by atoms with Crippen molar-refractivity contribution >= 4 is 11.2 Å². The number of hydrogen-bond donors (Lipinski definition) is 1. The number of aryl methyl sites for hydroxylation is 2. The van der Waals surface area contributed by atoms with E-state index >= 15 is 0 Å².